The molecule has 2 rings (SSSR count). The first-order valence-electron chi connectivity index (χ1n) is 7.84. The monoisotopic (exact) mass is 414 g/mol. The van der Waals surface area contributed by atoms with E-state index in [4.69, 9.17) is 0 Å². The standard InChI is InChI=1S/C18H17F3N2O4S/c1-23(2)17(25)12-7-13(18(19,20)21)10-14(8-12)22-16(24)11-5-4-6-15(9-11)28(3,26)27/h4-10H,1-3H3,(H,22,24). The van der Waals surface area contributed by atoms with E-state index >= 15 is 0 Å². The molecule has 0 aliphatic carbocycles. The molecule has 6 nitrogen and oxygen atoms in total. The highest BCUT2D eigenvalue weighted by Crippen LogP contribution is 2.32. The van der Waals surface area contributed by atoms with Gasteiger partial charge >= 0.3 is 6.18 Å². The highest BCUT2D eigenvalue weighted by atomic mass is 32.2. The minimum atomic E-state index is -4.72. The molecule has 1 N–H and O–H groups in total. The third kappa shape index (κ3) is 5.10. The molecule has 2 aromatic rings. The minimum absolute atomic E-state index is 0.0548. The normalized spacial score (nSPS) is 11.8. The summed E-state index contributed by atoms with van der Waals surface area (Å²) in [6.45, 7) is 0. The van der Waals surface area contributed by atoms with Crippen LogP contribution in [0.25, 0.3) is 0 Å². The van der Waals surface area contributed by atoms with Gasteiger partial charge in [0.15, 0.2) is 9.84 Å². The van der Waals surface area contributed by atoms with Crippen LogP contribution in [-0.2, 0) is 16.0 Å². The van der Waals surface area contributed by atoms with E-state index in [1.807, 2.05) is 0 Å². The fourth-order valence-electron chi connectivity index (χ4n) is 2.32. The summed E-state index contributed by atoms with van der Waals surface area (Å²) < 4.78 is 62.7. The molecule has 0 atom stereocenters. The van der Waals surface area contributed by atoms with Crippen LogP contribution in [0.4, 0.5) is 18.9 Å². The van der Waals surface area contributed by atoms with Crippen LogP contribution >= 0.6 is 0 Å². The van der Waals surface area contributed by atoms with Gasteiger partial charge in [0.2, 0.25) is 0 Å². The van der Waals surface area contributed by atoms with Crippen LogP contribution < -0.4 is 5.32 Å². The average Bonchev–Trinajstić information content (AvgIpc) is 2.59. The van der Waals surface area contributed by atoms with Gasteiger partial charge < -0.3 is 10.2 Å². The molecule has 0 spiro atoms. The summed E-state index contributed by atoms with van der Waals surface area (Å²) in [5.41, 5.74) is -1.64. The number of rotatable bonds is 4. The van der Waals surface area contributed by atoms with Crippen molar-refractivity contribution in [1.82, 2.24) is 4.90 Å². The maximum absolute atomic E-state index is 13.2. The number of carbonyl (C=O) groups is 2. The number of anilines is 1. The van der Waals surface area contributed by atoms with Crippen molar-refractivity contribution in [3.8, 4) is 0 Å². The molecule has 10 heteroatoms. The second-order valence-electron chi connectivity index (χ2n) is 6.25. The second-order valence-corrected chi connectivity index (χ2v) is 8.27. The molecule has 0 heterocycles. The van der Waals surface area contributed by atoms with E-state index < -0.39 is 33.4 Å². The van der Waals surface area contributed by atoms with E-state index in [-0.39, 0.29) is 21.7 Å². The van der Waals surface area contributed by atoms with E-state index in [9.17, 15) is 31.2 Å². The van der Waals surface area contributed by atoms with E-state index in [0.29, 0.717) is 12.1 Å². The van der Waals surface area contributed by atoms with Crippen LogP contribution in [-0.4, -0.2) is 45.5 Å². The topological polar surface area (TPSA) is 83.6 Å². The third-order valence-corrected chi connectivity index (χ3v) is 4.81. The van der Waals surface area contributed by atoms with Gasteiger partial charge in [-0.3, -0.25) is 9.59 Å². The number of alkyl halides is 3. The third-order valence-electron chi connectivity index (χ3n) is 3.70. The highest BCUT2D eigenvalue weighted by molar-refractivity contribution is 7.90. The molecule has 0 saturated heterocycles. The highest BCUT2D eigenvalue weighted by Gasteiger charge is 2.32. The summed E-state index contributed by atoms with van der Waals surface area (Å²) in [4.78, 5) is 25.5. The number of benzene rings is 2. The van der Waals surface area contributed by atoms with E-state index in [1.54, 1.807) is 0 Å². The van der Waals surface area contributed by atoms with Gasteiger partial charge in [-0.1, -0.05) is 6.07 Å². The van der Waals surface area contributed by atoms with E-state index in [2.05, 4.69) is 5.32 Å². The van der Waals surface area contributed by atoms with Gasteiger partial charge in [0.25, 0.3) is 11.8 Å². The quantitative estimate of drug-likeness (QED) is 0.834. The van der Waals surface area contributed by atoms with Crippen molar-refractivity contribution < 1.29 is 31.2 Å². The Balaban J connectivity index is 2.44. The molecule has 0 aliphatic rings. The maximum Gasteiger partial charge on any atom is 0.416 e. The first kappa shape index (κ1) is 21.4. The molecule has 2 amide bonds. The lowest BCUT2D eigenvalue weighted by molar-refractivity contribution is -0.137. The molecule has 0 radical (unpaired) electrons. The molecule has 0 fully saturated rings. The van der Waals surface area contributed by atoms with E-state index in [0.717, 1.165) is 23.3 Å². The fourth-order valence-corrected chi connectivity index (χ4v) is 2.98. The van der Waals surface area contributed by atoms with Crippen LogP contribution in [0.5, 0.6) is 0 Å². The molecule has 150 valence electrons. The predicted octanol–water partition coefficient (Wildman–Crippen LogP) is 3.06. The molecular weight excluding hydrogens is 397 g/mol. The maximum atomic E-state index is 13.2. The SMILES string of the molecule is CN(C)C(=O)c1cc(NC(=O)c2cccc(S(C)(=O)=O)c2)cc(C(F)(F)F)c1. The Morgan fingerprint density at radius 1 is 1.00 bits per heavy atom. The number of amides is 2. The number of sulfone groups is 1. The lowest BCUT2D eigenvalue weighted by atomic mass is 10.1. The van der Waals surface area contributed by atoms with Gasteiger partial charge in [0.05, 0.1) is 10.5 Å². The smallest absolute Gasteiger partial charge is 0.345 e. The van der Waals surface area contributed by atoms with Gasteiger partial charge in [-0.05, 0) is 36.4 Å². The summed E-state index contributed by atoms with van der Waals surface area (Å²) in [6, 6.07) is 7.60. The largest absolute Gasteiger partial charge is 0.416 e. The van der Waals surface area contributed by atoms with Gasteiger partial charge in [-0.25, -0.2) is 8.42 Å². The van der Waals surface area contributed by atoms with Crippen molar-refractivity contribution in [2.75, 3.05) is 25.7 Å². The predicted molar refractivity (Wildman–Crippen MR) is 97.0 cm³/mol. The van der Waals surface area contributed by atoms with Crippen molar-refractivity contribution >= 4 is 27.3 Å². The molecule has 0 unspecified atom stereocenters. The molecule has 2 aromatic carbocycles. The summed E-state index contributed by atoms with van der Waals surface area (Å²) >= 11 is 0. The zero-order chi connectivity index (χ0) is 21.3. The number of nitrogens with one attached hydrogen (secondary N) is 1. The number of hydrogen-bond donors (Lipinski definition) is 1. The zero-order valence-electron chi connectivity index (χ0n) is 15.2. The van der Waals surface area contributed by atoms with Crippen LogP contribution in [0, 0.1) is 0 Å². The lowest BCUT2D eigenvalue weighted by Gasteiger charge is -2.15. The van der Waals surface area contributed by atoms with Gasteiger partial charge in [-0.15, -0.1) is 0 Å². The molecule has 28 heavy (non-hydrogen) atoms. The Hall–Kier alpha value is -2.88. The summed E-state index contributed by atoms with van der Waals surface area (Å²) in [5.74, 6) is -1.48. The van der Waals surface area contributed by atoms with Crippen molar-refractivity contribution in [2.45, 2.75) is 11.1 Å². The van der Waals surface area contributed by atoms with Crippen LogP contribution in [0.1, 0.15) is 26.3 Å². The zero-order valence-corrected chi connectivity index (χ0v) is 16.0. The van der Waals surface area contributed by atoms with Crippen molar-refractivity contribution in [2.24, 2.45) is 0 Å². The molecule has 0 aromatic heterocycles. The van der Waals surface area contributed by atoms with Crippen LogP contribution in [0.15, 0.2) is 47.4 Å². The van der Waals surface area contributed by atoms with Gasteiger partial charge in [0, 0.05) is 37.2 Å². The van der Waals surface area contributed by atoms with Crippen molar-refractivity contribution in [3.05, 3.63) is 59.2 Å². The second kappa shape index (κ2) is 7.63. The summed E-state index contributed by atoms with van der Waals surface area (Å²) in [5, 5.41) is 2.28. The fraction of sp³-hybridized carbons (Fsp3) is 0.222. The van der Waals surface area contributed by atoms with Gasteiger partial charge in [-0.2, -0.15) is 13.2 Å². The van der Waals surface area contributed by atoms with Crippen molar-refractivity contribution in [3.63, 3.8) is 0 Å². The average molecular weight is 414 g/mol. The van der Waals surface area contributed by atoms with Gasteiger partial charge in [0.1, 0.15) is 0 Å². The Labute approximate surface area is 159 Å². The Morgan fingerprint density at radius 2 is 1.64 bits per heavy atom. The summed E-state index contributed by atoms with van der Waals surface area (Å²) in [7, 11) is -0.791. The number of halogens is 3. The molecule has 0 bridgehead atoms. The van der Waals surface area contributed by atoms with Crippen LogP contribution in [0.3, 0.4) is 0 Å². The lowest BCUT2D eigenvalue weighted by Crippen LogP contribution is -2.23. The summed E-state index contributed by atoms with van der Waals surface area (Å²) in [6.07, 6.45) is -3.76. The molecular formula is C18H17F3N2O4S. The van der Waals surface area contributed by atoms with E-state index in [1.165, 1.54) is 32.3 Å². The number of carbonyl (C=O) groups excluding carboxylic acids is 2. The van der Waals surface area contributed by atoms with Crippen LogP contribution in [0.2, 0.25) is 0 Å². The Morgan fingerprint density at radius 3 is 2.18 bits per heavy atom. The first-order chi connectivity index (χ1) is 12.8. The van der Waals surface area contributed by atoms with Crippen molar-refractivity contribution in [1.29, 1.82) is 0 Å². The number of nitrogens with zero attached hydrogens (tertiary/aromatic N) is 1. The minimum Gasteiger partial charge on any atom is -0.345 e. The Kier molecular flexibility index (Phi) is 5.83. The number of hydrogen-bond acceptors (Lipinski definition) is 4. The molecule has 0 saturated carbocycles. The Bertz CT molecular complexity index is 1030. The molecule has 0 aliphatic heterocycles. The first-order valence-corrected chi connectivity index (χ1v) is 9.73.